The Hall–Kier alpha value is -2.24. The highest BCUT2D eigenvalue weighted by atomic mass is 16.4. The molecule has 1 aromatic carbocycles. The zero-order valence-electron chi connectivity index (χ0n) is 17.1. The molecule has 5 nitrogen and oxygen atoms in total. The molecule has 3 N–H and O–H groups in total. The molecule has 0 radical (unpaired) electrons. The maximum atomic E-state index is 12.2. The van der Waals surface area contributed by atoms with E-state index >= 15 is 0 Å². The first-order valence-electron chi connectivity index (χ1n) is 10.4. The van der Waals surface area contributed by atoms with E-state index in [0.717, 1.165) is 31.2 Å². The van der Waals surface area contributed by atoms with Gasteiger partial charge in [-0.15, -0.1) is 0 Å². The summed E-state index contributed by atoms with van der Waals surface area (Å²) in [5.41, 5.74) is 1.38. The Morgan fingerprint density at radius 3 is 2.52 bits per heavy atom. The number of carboxylic acids is 1. The van der Waals surface area contributed by atoms with Crippen LogP contribution in [-0.2, 0) is 16.0 Å². The van der Waals surface area contributed by atoms with Gasteiger partial charge in [-0.3, -0.25) is 9.59 Å². The molecule has 0 bridgehead atoms. The lowest BCUT2D eigenvalue weighted by Crippen LogP contribution is -2.22. The highest BCUT2D eigenvalue weighted by Gasteiger charge is 2.29. The molecule has 0 spiro atoms. The number of rotatable bonds is 12. The lowest BCUT2D eigenvalue weighted by atomic mass is 9.94. The van der Waals surface area contributed by atoms with Crippen LogP contribution in [0.5, 0.6) is 0 Å². The van der Waals surface area contributed by atoms with Crippen molar-refractivity contribution in [2.24, 2.45) is 0 Å². The van der Waals surface area contributed by atoms with E-state index in [9.17, 15) is 19.8 Å². The second-order valence-corrected chi connectivity index (χ2v) is 8.06. The standard InChI is InChI=1S/C24H32O5/c1-24(29,15-13-18-9-5-4-6-10-18)16-14-20-19(21(25)17-22(20)26)11-7-2-3-8-12-23(27)28/h4-6,9-10,14,16,22,26,29H,2-3,7-8,11-13,15,17H2,1H3,(H,27,28). The van der Waals surface area contributed by atoms with Gasteiger partial charge in [-0.05, 0) is 50.2 Å². The van der Waals surface area contributed by atoms with E-state index in [1.807, 2.05) is 30.3 Å². The summed E-state index contributed by atoms with van der Waals surface area (Å²) in [6.45, 7) is 1.73. The van der Waals surface area contributed by atoms with E-state index in [-0.39, 0.29) is 18.6 Å². The molecule has 2 rings (SSSR count). The fraction of sp³-hybridized carbons (Fsp3) is 0.500. The van der Waals surface area contributed by atoms with Gasteiger partial charge >= 0.3 is 5.97 Å². The molecule has 1 aliphatic carbocycles. The molecule has 0 aromatic heterocycles. The van der Waals surface area contributed by atoms with Crippen molar-refractivity contribution in [1.82, 2.24) is 0 Å². The quantitative estimate of drug-likeness (QED) is 0.461. The first-order chi connectivity index (χ1) is 13.8. The van der Waals surface area contributed by atoms with Gasteiger partial charge in [0.2, 0.25) is 0 Å². The summed E-state index contributed by atoms with van der Waals surface area (Å²) < 4.78 is 0. The second-order valence-electron chi connectivity index (χ2n) is 8.06. The molecule has 0 heterocycles. The van der Waals surface area contributed by atoms with Crippen molar-refractivity contribution in [3.8, 4) is 0 Å². The van der Waals surface area contributed by atoms with Crippen molar-refractivity contribution in [2.75, 3.05) is 0 Å². The topological polar surface area (TPSA) is 94.8 Å². The number of carbonyl (C=O) groups is 2. The zero-order chi connectivity index (χ0) is 21.3. The summed E-state index contributed by atoms with van der Waals surface area (Å²) in [4.78, 5) is 22.8. The van der Waals surface area contributed by atoms with Crippen molar-refractivity contribution in [3.63, 3.8) is 0 Å². The fourth-order valence-electron chi connectivity index (χ4n) is 3.59. The molecule has 0 saturated heterocycles. The Kier molecular flexibility index (Phi) is 8.80. The van der Waals surface area contributed by atoms with Gasteiger partial charge in [0.15, 0.2) is 5.78 Å². The third-order valence-corrected chi connectivity index (χ3v) is 5.37. The summed E-state index contributed by atoms with van der Waals surface area (Å²) >= 11 is 0. The number of aryl methyl sites for hydroxylation is 1. The largest absolute Gasteiger partial charge is 0.481 e. The van der Waals surface area contributed by atoms with E-state index in [4.69, 9.17) is 5.11 Å². The summed E-state index contributed by atoms with van der Waals surface area (Å²) in [5, 5.41) is 29.6. The van der Waals surface area contributed by atoms with Crippen LogP contribution in [0, 0.1) is 0 Å². The number of unbranched alkanes of at least 4 members (excludes halogenated alkanes) is 3. The highest BCUT2D eigenvalue weighted by Crippen LogP contribution is 2.30. The van der Waals surface area contributed by atoms with Gasteiger partial charge in [0.1, 0.15) is 0 Å². The number of carbonyl (C=O) groups excluding carboxylic acids is 1. The number of aliphatic hydroxyl groups is 2. The van der Waals surface area contributed by atoms with Gasteiger partial charge in [0.05, 0.1) is 11.7 Å². The van der Waals surface area contributed by atoms with Crippen LogP contribution >= 0.6 is 0 Å². The molecule has 0 fully saturated rings. The second kappa shape index (κ2) is 11.1. The summed E-state index contributed by atoms with van der Waals surface area (Å²) in [7, 11) is 0. The molecule has 29 heavy (non-hydrogen) atoms. The Morgan fingerprint density at radius 2 is 1.83 bits per heavy atom. The number of carboxylic acid groups (broad SMARTS) is 1. The predicted molar refractivity (Wildman–Crippen MR) is 113 cm³/mol. The summed E-state index contributed by atoms with van der Waals surface area (Å²) in [5.74, 6) is -0.819. The van der Waals surface area contributed by atoms with Crippen molar-refractivity contribution < 1.29 is 24.9 Å². The number of hydrogen-bond acceptors (Lipinski definition) is 4. The molecule has 158 valence electrons. The van der Waals surface area contributed by atoms with E-state index in [2.05, 4.69) is 0 Å². The number of benzene rings is 1. The van der Waals surface area contributed by atoms with E-state index < -0.39 is 17.7 Å². The van der Waals surface area contributed by atoms with Crippen molar-refractivity contribution in [2.45, 2.75) is 76.4 Å². The van der Waals surface area contributed by atoms with Gasteiger partial charge in [-0.2, -0.15) is 0 Å². The first kappa shape index (κ1) is 23.0. The molecule has 1 aromatic rings. The lowest BCUT2D eigenvalue weighted by molar-refractivity contribution is -0.137. The molecule has 2 atom stereocenters. The Labute approximate surface area is 172 Å². The van der Waals surface area contributed by atoms with Crippen LogP contribution in [0.15, 0.2) is 53.6 Å². The maximum absolute atomic E-state index is 12.2. The summed E-state index contributed by atoms with van der Waals surface area (Å²) in [6, 6.07) is 9.95. The van der Waals surface area contributed by atoms with Crippen molar-refractivity contribution in [3.05, 3.63) is 59.2 Å². The molecule has 0 saturated carbocycles. The smallest absolute Gasteiger partial charge is 0.303 e. The minimum absolute atomic E-state index is 0.0355. The number of allylic oxidation sites excluding steroid dienone is 1. The average Bonchev–Trinajstić information content (AvgIpc) is 2.94. The van der Waals surface area contributed by atoms with Crippen LogP contribution in [0.4, 0.5) is 0 Å². The Morgan fingerprint density at radius 1 is 1.14 bits per heavy atom. The minimum Gasteiger partial charge on any atom is -0.481 e. The molecule has 2 unspecified atom stereocenters. The lowest BCUT2D eigenvalue weighted by Gasteiger charge is -2.19. The SMILES string of the molecule is CC(O)(C=CC1=C(CCCCCCC(=O)O)C(=O)CC1O)CCc1ccccc1. The third-order valence-electron chi connectivity index (χ3n) is 5.37. The number of aliphatic carboxylic acids is 1. The van der Waals surface area contributed by atoms with Crippen LogP contribution in [0.1, 0.15) is 63.9 Å². The minimum atomic E-state index is -1.03. The van der Waals surface area contributed by atoms with Crippen molar-refractivity contribution in [1.29, 1.82) is 0 Å². The monoisotopic (exact) mass is 400 g/mol. The first-order valence-corrected chi connectivity index (χ1v) is 10.4. The van der Waals surface area contributed by atoms with Gasteiger partial charge in [-0.1, -0.05) is 55.3 Å². The fourth-order valence-corrected chi connectivity index (χ4v) is 3.59. The predicted octanol–water partition coefficient (Wildman–Crippen LogP) is 3.98. The number of aliphatic hydroxyl groups excluding tert-OH is 1. The van der Waals surface area contributed by atoms with E-state index in [1.54, 1.807) is 19.1 Å². The third kappa shape index (κ3) is 7.95. The Bertz CT molecular complexity index is 746. The van der Waals surface area contributed by atoms with Gasteiger partial charge in [-0.25, -0.2) is 0 Å². The van der Waals surface area contributed by atoms with E-state index in [0.29, 0.717) is 30.4 Å². The van der Waals surface area contributed by atoms with Crippen LogP contribution in [0.25, 0.3) is 0 Å². The number of ketones is 1. The van der Waals surface area contributed by atoms with Gasteiger partial charge in [0, 0.05) is 18.4 Å². The van der Waals surface area contributed by atoms with Crippen LogP contribution in [0.2, 0.25) is 0 Å². The zero-order valence-corrected chi connectivity index (χ0v) is 17.1. The molecule has 0 amide bonds. The molecular formula is C24H32O5. The molecular weight excluding hydrogens is 368 g/mol. The van der Waals surface area contributed by atoms with Gasteiger partial charge in [0.25, 0.3) is 0 Å². The Balaban J connectivity index is 1.92. The van der Waals surface area contributed by atoms with Crippen LogP contribution in [0.3, 0.4) is 0 Å². The summed E-state index contributed by atoms with van der Waals surface area (Å²) in [6.07, 6.45) is 7.80. The molecule has 5 heteroatoms. The maximum Gasteiger partial charge on any atom is 0.303 e. The molecule has 1 aliphatic rings. The van der Waals surface area contributed by atoms with Crippen LogP contribution < -0.4 is 0 Å². The van der Waals surface area contributed by atoms with E-state index in [1.165, 1.54) is 0 Å². The number of Topliss-reactive ketones (excluding diaryl/α,β-unsaturated/α-hetero) is 1. The average molecular weight is 401 g/mol. The van der Waals surface area contributed by atoms with Crippen LogP contribution in [-0.4, -0.2) is 38.8 Å². The normalized spacial score (nSPS) is 19.1. The number of hydrogen-bond donors (Lipinski definition) is 3. The van der Waals surface area contributed by atoms with Crippen molar-refractivity contribution >= 4 is 11.8 Å². The van der Waals surface area contributed by atoms with Gasteiger partial charge < -0.3 is 15.3 Å². The highest BCUT2D eigenvalue weighted by molar-refractivity contribution is 6.00. The molecule has 0 aliphatic heterocycles.